The van der Waals surface area contributed by atoms with Crippen molar-refractivity contribution in [3.05, 3.63) is 0 Å². The van der Waals surface area contributed by atoms with Crippen molar-refractivity contribution in [2.45, 2.75) is 0 Å². The van der Waals surface area contributed by atoms with Gasteiger partial charge in [0.2, 0.25) is 0 Å². The van der Waals surface area contributed by atoms with Gasteiger partial charge in [-0.2, -0.15) is 0 Å². The van der Waals surface area contributed by atoms with E-state index in [9.17, 15) is 0 Å². The molecule has 10 radical (unpaired) electrons. The van der Waals surface area contributed by atoms with E-state index in [4.69, 9.17) is 24.0 Å². The van der Waals surface area contributed by atoms with Crippen LogP contribution in [0.4, 0.5) is 0 Å². The normalized spacial score (nSPS) is 1.82. The van der Waals surface area contributed by atoms with Gasteiger partial charge in [-0.1, -0.05) is 0 Å². The molecule has 6 heteroatoms. The van der Waals surface area contributed by atoms with E-state index in [0.29, 0.717) is 0 Å². The van der Waals surface area contributed by atoms with Crippen LogP contribution in [0.1, 0.15) is 0 Å². The van der Waals surface area contributed by atoms with E-state index in [0.717, 1.165) is 0 Å². The first-order chi connectivity index (χ1) is 5.00. The zero-order valence-electron chi connectivity index (χ0n) is 4.86. The van der Waals surface area contributed by atoms with Crippen LogP contribution in [0.2, 0.25) is 0 Å². The Kier molecular flexibility index (Phi) is 1930. The average molecular weight is 199 g/mol. The Bertz CT molecular complexity index is 26.4. The molecule has 60 valence electrons. The predicted molar refractivity (Wildman–Crippen MR) is 28.5 cm³/mol. The number of rotatable bonds is 0. The summed E-state index contributed by atoms with van der Waals surface area (Å²) in [7, 11) is 0. The van der Waals surface area contributed by atoms with Crippen LogP contribution >= 0.6 is 0 Å². The Morgan fingerprint density at radius 2 is 0.364 bits per heavy atom. The molecule has 0 aliphatic heterocycles. The van der Waals surface area contributed by atoms with Crippen LogP contribution in [0.3, 0.4) is 0 Å². The van der Waals surface area contributed by atoms with Crippen molar-refractivity contribution in [1.29, 1.82) is 0 Å². The maximum Gasteiger partial charge on any atom is 0.281 e. The topological polar surface area (TPSA) is 85.3 Å². The van der Waals surface area contributed by atoms with Gasteiger partial charge < -0.3 is 0 Å². The number of carbonyl (C=O) groups excluding carboxylic acids is 5. The first kappa shape index (κ1) is 52.1. The molecule has 0 aliphatic rings. The Hall–Kier alpha value is -1.16. The zero-order valence-corrected chi connectivity index (χ0v) is 5.85. The molecule has 11 heavy (non-hydrogen) atoms. The minimum atomic E-state index is 0. The van der Waals surface area contributed by atoms with Gasteiger partial charge in [-0.15, -0.1) is 0 Å². The van der Waals surface area contributed by atoms with E-state index in [2.05, 4.69) is 33.9 Å². The van der Waals surface area contributed by atoms with Crippen molar-refractivity contribution in [1.82, 2.24) is 0 Å². The van der Waals surface area contributed by atoms with E-state index in [1.807, 2.05) is 0 Å². The Morgan fingerprint density at radius 3 is 0.364 bits per heavy atom. The third-order valence-electron chi connectivity index (χ3n) is 0. The summed E-state index contributed by atoms with van der Waals surface area (Å²) in [4.78, 5) is 37.5. The van der Waals surface area contributed by atoms with Crippen molar-refractivity contribution < 1.29 is 40.5 Å². The van der Waals surface area contributed by atoms with Crippen LogP contribution in [0.25, 0.3) is 0 Å². The molecule has 0 fully saturated rings. The van der Waals surface area contributed by atoms with Crippen molar-refractivity contribution in [3.8, 4) is 0 Å². The first-order valence-corrected chi connectivity index (χ1v) is 1.02. The molecule has 0 rings (SSSR count). The van der Waals surface area contributed by atoms with Gasteiger partial charge in [0.15, 0.2) is 0 Å². The second-order valence-corrected chi connectivity index (χ2v) is 0. The van der Waals surface area contributed by atoms with Crippen LogP contribution in [-0.4, -0.2) is 33.9 Å². The molecule has 0 atom stereocenters. The molecule has 0 heterocycles. The van der Waals surface area contributed by atoms with Gasteiger partial charge in [0.25, 0.3) is 33.9 Å². The summed E-state index contributed by atoms with van der Waals surface area (Å²) in [6.45, 7) is 22.5. The summed E-state index contributed by atoms with van der Waals surface area (Å²) in [5, 5.41) is 0. The minimum absolute atomic E-state index is 0. The molecule has 0 saturated heterocycles. The Labute approximate surface area is 75.1 Å². The van der Waals surface area contributed by atoms with Crippen molar-refractivity contribution in [2.75, 3.05) is 0 Å². The van der Waals surface area contributed by atoms with Gasteiger partial charge in [-0.25, -0.2) is 0 Å². The quantitative estimate of drug-likeness (QED) is 0.421. The van der Waals surface area contributed by atoms with E-state index >= 15 is 0 Å². The summed E-state index contributed by atoms with van der Waals surface area (Å²) in [6, 6.07) is 0. The molecule has 0 unspecified atom stereocenters. The average Bonchev–Trinajstić information content (AvgIpc) is 2.20. The number of hydrogen-bond acceptors (Lipinski definition) is 5. The van der Waals surface area contributed by atoms with Gasteiger partial charge in [0, 0.05) is 16.5 Å². The van der Waals surface area contributed by atoms with Crippen molar-refractivity contribution in [2.24, 2.45) is 0 Å². The second-order valence-electron chi connectivity index (χ2n) is 0. The third-order valence-corrected chi connectivity index (χ3v) is 0. The standard InChI is InChI=1S/5CO.Ni/c5*1-2;. The summed E-state index contributed by atoms with van der Waals surface area (Å²) in [5.74, 6) is 0. The SMILES string of the molecule is [C]=O.[C]=O.[C]=O.[C]=O.[C]=O.[Ni]. The fourth-order valence-corrected chi connectivity index (χ4v) is 0. The summed E-state index contributed by atoms with van der Waals surface area (Å²) < 4.78 is 0. The molecule has 0 saturated carbocycles. The van der Waals surface area contributed by atoms with Crippen LogP contribution < -0.4 is 0 Å². The van der Waals surface area contributed by atoms with Crippen LogP contribution in [0, 0.1) is 0 Å². The minimum Gasteiger partial charge on any atom is -0.281 e. The predicted octanol–water partition coefficient (Wildman–Crippen LogP) is -1.99. The van der Waals surface area contributed by atoms with Gasteiger partial charge in [-0.05, 0) is 0 Å². The summed E-state index contributed by atoms with van der Waals surface area (Å²) in [5.41, 5.74) is 0. The molecule has 0 spiro atoms. The molecule has 0 aromatic rings. The molecular weight excluding hydrogens is 199 g/mol. The van der Waals surface area contributed by atoms with E-state index < -0.39 is 0 Å². The maximum absolute atomic E-state index is 7.50. The third kappa shape index (κ3) is 310. The molecule has 0 aromatic carbocycles. The molecule has 0 amide bonds. The van der Waals surface area contributed by atoms with Crippen LogP contribution in [0.15, 0.2) is 0 Å². The monoisotopic (exact) mass is 198 g/mol. The molecule has 0 aromatic heterocycles. The molecule has 0 aliphatic carbocycles. The van der Waals surface area contributed by atoms with Crippen molar-refractivity contribution in [3.63, 3.8) is 0 Å². The molecule has 5 nitrogen and oxygen atoms in total. The van der Waals surface area contributed by atoms with E-state index in [-0.39, 0.29) is 16.5 Å². The fraction of sp³-hybridized carbons (Fsp3) is 0. The Morgan fingerprint density at radius 1 is 0.364 bits per heavy atom. The summed E-state index contributed by atoms with van der Waals surface area (Å²) >= 11 is 0. The maximum atomic E-state index is 7.50. The van der Waals surface area contributed by atoms with E-state index in [1.165, 1.54) is 0 Å². The van der Waals surface area contributed by atoms with Crippen LogP contribution in [-0.2, 0) is 40.5 Å². The second kappa shape index (κ2) is 407. The number of hydrogen-bond donors (Lipinski definition) is 0. The van der Waals surface area contributed by atoms with Gasteiger partial charge in [0.1, 0.15) is 0 Å². The van der Waals surface area contributed by atoms with Crippen molar-refractivity contribution >= 4 is 33.9 Å². The van der Waals surface area contributed by atoms with Gasteiger partial charge in [0.05, 0.1) is 0 Å². The smallest absolute Gasteiger partial charge is 0.281 e. The Balaban J connectivity index is -0.00000000694. The first-order valence-electron chi connectivity index (χ1n) is 1.02. The molecule has 0 bridgehead atoms. The summed E-state index contributed by atoms with van der Waals surface area (Å²) in [6.07, 6.45) is 0. The van der Waals surface area contributed by atoms with Gasteiger partial charge >= 0.3 is 0 Å². The van der Waals surface area contributed by atoms with Crippen LogP contribution in [0.5, 0.6) is 0 Å². The van der Waals surface area contributed by atoms with Gasteiger partial charge in [-0.3, -0.25) is 24.0 Å². The molecular formula is C5NiO5. The zero-order chi connectivity index (χ0) is 10.0. The largest absolute Gasteiger partial charge is 0.281 e. The van der Waals surface area contributed by atoms with E-state index in [1.54, 1.807) is 0 Å². The fourth-order valence-electron chi connectivity index (χ4n) is 0. The molecule has 0 N–H and O–H groups in total.